The van der Waals surface area contributed by atoms with E-state index in [1.807, 2.05) is 31.2 Å². The molecule has 18 heavy (non-hydrogen) atoms. The highest BCUT2D eigenvalue weighted by Gasteiger charge is 2.19. The molecule has 1 unspecified atom stereocenters. The molecule has 0 aliphatic carbocycles. The van der Waals surface area contributed by atoms with Crippen LogP contribution in [-0.2, 0) is 9.59 Å². The second-order valence-corrected chi connectivity index (χ2v) is 4.57. The number of rotatable bonds is 5. The van der Waals surface area contributed by atoms with Crippen LogP contribution in [0.2, 0.25) is 0 Å². The highest BCUT2D eigenvalue weighted by atomic mass is 16.4. The summed E-state index contributed by atoms with van der Waals surface area (Å²) in [6.45, 7) is 3.75. The number of anilines is 1. The van der Waals surface area contributed by atoms with Crippen molar-refractivity contribution in [2.24, 2.45) is 5.92 Å². The molecule has 0 fully saturated rings. The van der Waals surface area contributed by atoms with Gasteiger partial charge in [0, 0.05) is 25.1 Å². The number of amides is 1. The number of carbonyl (C=O) groups excluding carboxylic acids is 1. The van der Waals surface area contributed by atoms with E-state index in [0.29, 0.717) is 6.42 Å². The fourth-order valence-corrected chi connectivity index (χ4v) is 1.69. The van der Waals surface area contributed by atoms with Crippen molar-refractivity contribution in [3.63, 3.8) is 0 Å². The maximum Gasteiger partial charge on any atom is 0.303 e. The van der Waals surface area contributed by atoms with Crippen LogP contribution in [0.5, 0.6) is 0 Å². The zero-order chi connectivity index (χ0) is 13.7. The van der Waals surface area contributed by atoms with Gasteiger partial charge in [-0.1, -0.05) is 24.6 Å². The van der Waals surface area contributed by atoms with Crippen molar-refractivity contribution in [2.45, 2.75) is 26.7 Å². The fourth-order valence-electron chi connectivity index (χ4n) is 1.69. The van der Waals surface area contributed by atoms with Crippen molar-refractivity contribution in [2.75, 3.05) is 11.9 Å². The van der Waals surface area contributed by atoms with Crippen molar-refractivity contribution in [1.82, 2.24) is 0 Å². The Morgan fingerprint density at radius 3 is 2.33 bits per heavy atom. The van der Waals surface area contributed by atoms with Gasteiger partial charge in [0.15, 0.2) is 0 Å². The van der Waals surface area contributed by atoms with Crippen LogP contribution < -0.4 is 4.90 Å². The molecule has 0 aliphatic heterocycles. The Balaban J connectivity index is 2.65. The molecule has 0 spiro atoms. The molecular formula is C14H19NO3. The zero-order valence-corrected chi connectivity index (χ0v) is 11.0. The van der Waals surface area contributed by atoms with E-state index in [1.54, 1.807) is 18.9 Å². The molecule has 1 rings (SSSR count). The molecule has 1 aromatic rings. The summed E-state index contributed by atoms with van der Waals surface area (Å²) in [5.41, 5.74) is 1.96. The maximum absolute atomic E-state index is 12.1. The van der Waals surface area contributed by atoms with Crippen LogP contribution in [-0.4, -0.2) is 24.0 Å². The van der Waals surface area contributed by atoms with Gasteiger partial charge in [0.1, 0.15) is 0 Å². The minimum Gasteiger partial charge on any atom is -0.481 e. The standard InChI is InChI=1S/C14H19NO3/c1-10-4-7-12(8-5-10)15(3)14(18)11(2)6-9-13(16)17/h4-5,7-8,11H,6,9H2,1-3H3,(H,16,17). The van der Waals surface area contributed by atoms with Crippen molar-refractivity contribution in [1.29, 1.82) is 0 Å². The molecule has 4 heteroatoms. The lowest BCUT2D eigenvalue weighted by molar-refractivity contribution is -0.137. The minimum absolute atomic E-state index is 0.0225. The third kappa shape index (κ3) is 3.87. The van der Waals surface area contributed by atoms with Gasteiger partial charge in [-0.15, -0.1) is 0 Å². The van der Waals surface area contributed by atoms with Crippen LogP contribution in [0.1, 0.15) is 25.3 Å². The van der Waals surface area contributed by atoms with E-state index in [0.717, 1.165) is 11.3 Å². The lowest BCUT2D eigenvalue weighted by Crippen LogP contribution is -2.31. The molecule has 1 amide bonds. The number of aryl methyl sites for hydroxylation is 1. The summed E-state index contributed by atoms with van der Waals surface area (Å²) >= 11 is 0. The summed E-state index contributed by atoms with van der Waals surface area (Å²) in [7, 11) is 1.71. The van der Waals surface area contributed by atoms with Gasteiger partial charge in [-0.3, -0.25) is 9.59 Å². The Labute approximate surface area is 107 Å². The molecule has 0 heterocycles. The van der Waals surface area contributed by atoms with E-state index in [-0.39, 0.29) is 18.2 Å². The molecular weight excluding hydrogens is 230 g/mol. The molecule has 1 aromatic carbocycles. The molecule has 98 valence electrons. The van der Waals surface area contributed by atoms with Crippen molar-refractivity contribution >= 4 is 17.6 Å². The number of carboxylic acid groups (broad SMARTS) is 1. The van der Waals surface area contributed by atoms with Gasteiger partial charge >= 0.3 is 5.97 Å². The Morgan fingerprint density at radius 1 is 1.28 bits per heavy atom. The molecule has 0 aliphatic rings. The number of carboxylic acids is 1. The van der Waals surface area contributed by atoms with Gasteiger partial charge in [0.05, 0.1) is 0 Å². The SMILES string of the molecule is Cc1ccc(N(C)C(=O)C(C)CCC(=O)O)cc1. The number of carbonyl (C=O) groups is 2. The Bertz CT molecular complexity index is 425. The monoisotopic (exact) mass is 249 g/mol. The number of benzene rings is 1. The highest BCUT2D eigenvalue weighted by Crippen LogP contribution is 2.17. The molecule has 0 saturated carbocycles. The van der Waals surface area contributed by atoms with E-state index >= 15 is 0 Å². The number of aliphatic carboxylic acids is 1. The van der Waals surface area contributed by atoms with Gasteiger partial charge in [-0.25, -0.2) is 0 Å². The zero-order valence-electron chi connectivity index (χ0n) is 11.0. The van der Waals surface area contributed by atoms with E-state index in [9.17, 15) is 9.59 Å². The summed E-state index contributed by atoms with van der Waals surface area (Å²) in [6.07, 6.45) is 0.388. The van der Waals surface area contributed by atoms with Crippen molar-refractivity contribution < 1.29 is 14.7 Å². The van der Waals surface area contributed by atoms with Gasteiger partial charge in [0.2, 0.25) is 5.91 Å². The molecule has 1 N–H and O–H groups in total. The van der Waals surface area contributed by atoms with Crippen molar-refractivity contribution in [3.8, 4) is 0 Å². The van der Waals surface area contributed by atoms with Crippen LogP contribution in [0.25, 0.3) is 0 Å². The predicted molar refractivity (Wildman–Crippen MR) is 70.6 cm³/mol. The number of hydrogen-bond acceptors (Lipinski definition) is 2. The average Bonchev–Trinajstić information content (AvgIpc) is 2.35. The third-order valence-corrected chi connectivity index (χ3v) is 2.96. The summed E-state index contributed by atoms with van der Waals surface area (Å²) in [5.74, 6) is -1.21. The van der Waals surface area contributed by atoms with Gasteiger partial charge in [-0.2, -0.15) is 0 Å². The smallest absolute Gasteiger partial charge is 0.303 e. The quantitative estimate of drug-likeness (QED) is 0.872. The van der Waals surface area contributed by atoms with Crippen LogP contribution in [0.4, 0.5) is 5.69 Å². The summed E-state index contributed by atoms with van der Waals surface area (Å²) in [4.78, 5) is 24.1. The Kier molecular flexibility index (Phi) is 4.89. The molecule has 0 saturated heterocycles. The number of hydrogen-bond donors (Lipinski definition) is 1. The molecule has 0 bridgehead atoms. The van der Waals surface area contributed by atoms with Crippen LogP contribution in [0.3, 0.4) is 0 Å². The third-order valence-electron chi connectivity index (χ3n) is 2.96. The first kappa shape index (κ1) is 14.2. The average molecular weight is 249 g/mol. The van der Waals surface area contributed by atoms with Crippen molar-refractivity contribution in [3.05, 3.63) is 29.8 Å². The second kappa shape index (κ2) is 6.19. The first-order chi connectivity index (χ1) is 8.41. The van der Waals surface area contributed by atoms with E-state index in [1.165, 1.54) is 0 Å². The fraction of sp³-hybridized carbons (Fsp3) is 0.429. The molecule has 0 aromatic heterocycles. The first-order valence-electron chi connectivity index (χ1n) is 5.98. The predicted octanol–water partition coefficient (Wildman–Crippen LogP) is 2.46. The molecule has 0 radical (unpaired) electrons. The Hall–Kier alpha value is -1.84. The lowest BCUT2D eigenvalue weighted by atomic mass is 10.0. The largest absolute Gasteiger partial charge is 0.481 e. The summed E-state index contributed by atoms with van der Waals surface area (Å²) in [6, 6.07) is 7.66. The molecule has 4 nitrogen and oxygen atoms in total. The van der Waals surface area contributed by atoms with Gasteiger partial charge in [0.25, 0.3) is 0 Å². The minimum atomic E-state index is -0.868. The van der Waals surface area contributed by atoms with E-state index in [2.05, 4.69) is 0 Å². The normalized spacial score (nSPS) is 11.9. The molecule has 1 atom stereocenters. The Morgan fingerprint density at radius 2 is 1.83 bits per heavy atom. The van der Waals surface area contributed by atoms with Crippen LogP contribution >= 0.6 is 0 Å². The highest BCUT2D eigenvalue weighted by molar-refractivity contribution is 5.94. The first-order valence-corrected chi connectivity index (χ1v) is 5.98. The second-order valence-electron chi connectivity index (χ2n) is 4.57. The number of nitrogens with zero attached hydrogens (tertiary/aromatic N) is 1. The van der Waals surface area contributed by atoms with Gasteiger partial charge < -0.3 is 10.0 Å². The summed E-state index contributed by atoms with van der Waals surface area (Å²) in [5, 5.41) is 8.61. The van der Waals surface area contributed by atoms with Crippen LogP contribution in [0.15, 0.2) is 24.3 Å². The van der Waals surface area contributed by atoms with E-state index in [4.69, 9.17) is 5.11 Å². The summed E-state index contributed by atoms with van der Waals surface area (Å²) < 4.78 is 0. The topological polar surface area (TPSA) is 57.6 Å². The van der Waals surface area contributed by atoms with E-state index < -0.39 is 5.97 Å². The maximum atomic E-state index is 12.1. The lowest BCUT2D eigenvalue weighted by Gasteiger charge is -2.21. The van der Waals surface area contributed by atoms with Gasteiger partial charge in [-0.05, 0) is 25.5 Å². The van der Waals surface area contributed by atoms with Crippen LogP contribution in [0, 0.1) is 12.8 Å².